The first-order chi connectivity index (χ1) is 10.2. The molecule has 0 radical (unpaired) electrons. The summed E-state index contributed by atoms with van der Waals surface area (Å²) in [4.78, 5) is 6.72. The van der Waals surface area contributed by atoms with Crippen molar-refractivity contribution in [2.75, 3.05) is 20.1 Å². The zero-order valence-electron chi connectivity index (χ0n) is 13.5. The lowest BCUT2D eigenvalue weighted by Gasteiger charge is -2.20. The van der Waals surface area contributed by atoms with Crippen LogP contribution in [0.5, 0.6) is 0 Å². The van der Waals surface area contributed by atoms with Gasteiger partial charge in [0.1, 0.15) is 0 Å². The second kappa shape index (κ2) is 8.11. The van der Waals surface area contributed by atoms with E-state index in [4.69, 9.17) is 0 Å². The molecule has 0 unspecified atom stereocenters. The minimum Gasteiger partial charge on any atom is -0.313 e. The van der Waals surface area contributed by atoms with E-state index < -0.39 is 0 Å². The Labute approximate surface area is 128 Å². The van der Waals surface area contributed by atoms with Crippen LogP contribution in [-0.2, 0) is 6.54 Å². The molecule has 0 fully saturated rings. The molecule has 114 valence electrons. The van der Waals surface area contributed by atoms with E-state index in [1.165, 1.54) is 35.7 Å². The van der Waals surface area contributed by atoms with E-state index in [2.05, 4.69) is 60.4 Å². The number of nitrogens with zero attached hydrogens (tertiary/aromatic N) is 2. The average molecular weight is 285 g/mol. The van der Waals surface area contributed by atoms with Crippen molar-refractivity contribution in [1.29, 1.82) is 0 Å². The molecule has 0 spiro atoms. The summed E-state index contributed by atoms with van der Waals surface area (Å²) in [7, 11) is 2.19. The number of rotatable bonds is 8. The number of fused-ring (bicyclic) bond motifs is 1. The number of unbranched alkanes of at least 4 members (excludes halogenated alkanes) is 1. The topological polar surface area (TPSA) is 28.2 Å². The van der Waals surface area contributed by atoms with Crippen LogP contribution in [0.4, 0.5) is 0 Å². The highest BCUT2D eigenvalue weighted by atomic mass is 15.1. The summed E-state index contributed by atoms with van der Waals surface area (Å²) in [6, 6.07) is 9.08. The number of pyridine rings is 1. The first-order valence-electron chi connectivity index (χ1n) is 7.91. The molecule has 1 heterocycles. The number of nitrogens with one attached hydrogen (secondary N) is 1. The Bertz CT molecular complexity index is 546. The van der Waals surface area contributed by atoms with Crippen LogP contribution in [-0.4, -0.2) is 36.1 Å². The summed E-state index contributed by atoms with van der Waals surface area (Å²) in [5.41, 5.74) is 1.28. The Morgan fingerprint density at radius 2 is 1.95 bits per heavy atom. The maximum atomic E-state index is 4.32. The van der Waals surface area contributed by atoms with Crippen molar-refractivity contribution in [2.24, 2.45) is 0 Å². The van der Waals surface area contributed by atoms with Gasteiger partial charge in [-0.1, -0.05) is 24.3 Å². The minimum absolute atomic E-state index is 0.639. The SMILES string of the molecule is CC(C)N(C)CCCCNCc1cncc2ccccc12. The fourth-order valence-electron chi connectivity index (χ4n) is 2.41. The molecule has 0 amide bonds. The van der Waals surface area contributed by atoms with Crippen LogP contribution in [0.15, 0.2) is 36.7 Å². The fourth-order valence-corrected chi connectivity index (χ4v) is 2.41. The summed E-state index contributed by atoms with van der Waals surface area (Å²) < 4.78 is 0. The van der Waals surface area contributed by atoms with Gasteiger partial charge in [-0.3, -0.25) is 4.98 Å². The van der Waals surface area contributed by atoms with Gasteiger partial charge in [0.15, 0.2) is 0 Å². The van der Waals surface area contributed by atoms with Crippen molar-refractivity contribution in [1.82, 2.24) is 15.2 Å². The minimum atomic E-state index is 0.639. The third kappa shape index (κ3) is 4.80. The number of aromatic nitrogens is 1. The van der Waals surface area contributed by atoms with Crippen molar-refractivity contribution in [3.05, 3.63) is 42.2 Å². The molecule has 0 atom stereocenters. The van der Waals surface area contributed by atoms with Crippen molar-refractivity contribution in [3.8, 4) is 0 Å². The summed E-state index contributed by atoms with van der Waals surface area (Å²) in [5.74, 6) is 0. The molecule has 0 aliphatic rings. The van der Waals surface area contributed by atoms with Gasteiger partial charge in [0.2, 0.25) is 0 Å². The Balaban J connectivity index is 1.73. The molecule has 0 aliphatic heterocycles. The molecule has 3 nitrogen and oxygen atoms in total. The van der Waals surface area contributed by atoms with E-state index in [1.807, 2.05) is 12.4 Å². The van der Waals surface area contributed by atoms with E-state index in [9.17, 15) is 0 Å². The predicted molar refractivity (Wildman–Crippen MR) is 90.4 cm³/mol. The predicted octanol–water partition coefficient (Wildman–Crippen LogP) is 3.44. The second-order valence-electron chi connectivity index (χ2n) is 5.98. The van der Waals surface area contributed by atoms with Crippen LogP contribution >= 0.6 is 0 Å². The van der Waals surface area contributed by atoms with E-state index in [0.29, 0.717) is 6.04 Å². The zero-order chi connectivity index (χ0) is 15.1. The molecule has 2 aromatic rings. The van der Waals surface area contributed by atoms with Crippen LogP contribution in [0.1, 0.15) is 32.3 Å². The smallest absolute Gasteiger partial charge is 0.0346 e. The Hall–Kier alpha value is -1.45. The van der Waals surface area contributed by atoms with E-state index in [-0.39, 0.29) is 0 Å². The molecule has 2 rings (SSSR count). The van der Waals surface area contributed by atoms with Gasteiger partial charge in [0.25, 0.3) is 0 Å². The van der Waals surface area contributed by atoms with Crippen LogP contribution in [0.3, 0.4) is 0 Å². The van der Waals surface area contributed by atoms with Crippen LogP contribution in [0.2, 0.25) is 0 Å². The highest BCUT2D eigenvalue weighted by molar-refractivity contribution is 5.84. The molecule has 0 bridgehead atoms. The van der Waals surface area contributed by atoms with Gasteiger partial charge >= 0.3 is 0 Å². The van der Waals surface area contributed by atoms with Crippen molar-refractivity contribution in [3.63, 3.8) is 0 Å². The van der Waals surface area contributed by atoms with Gasteiger partial charge in [0.05, 0.1) is 0 Å². The Morgan fingerprint density at radius 1 is 1.14 bits per heavy atom. The molecule has 1 aromatic carbocycles. The van der Waals surface area contributed by atoms with Crippen LogP contribution < -0.4 is 5.32 Å². The second-order valence-corrected chi connectivity index (χ2v) is 5.98. The first kappa shape index (κ1) is 15.9. The van der Waals surface area contributed by atoms with Crippen molar-refractivity contribution in [2.45, 2.75) is 39.3 Å². The molecule has 3 heteroatoms. The fraction of sp³-hybridized carbons (Fsp3) is 0.500. The zero-order valence-corrected chi connectivity index (χ0v) is 13.5. The molecule has 1 N–H and O–H groups in total. The van der Waals surface area contributed by atoms with Gasteiger partial charge in [-0.15, -0.1) is 0 Å². The quantitative estimate of drug-likeness (QED) is 0.753. The Morgan fingerprint density at radius 3 is 2.76 bits per heavy atom. The average Bonchev–Trinajstić information content (AvgIpc) is 2.50. The highest BCUT2D eigenvalue weighted by Gasteiger charge is 2.02. The molecule has 1 aromatic heterocycles. The lowest BCUT2D eigenvalue weighted by atomic mass is 10.1. The summed E-state index contributed by atoms with van der Waals surface area (Å²) in [5, 5.41) is 6.06. The molecular weight excluding hydrogens is 258 g/mol. The molecule has 0 saturated heterocycles. The highest BCUT2D eigenvalue weighted by Crippen LogP contribution is 2.16. The van der Waals surface area contributed by atoms with Crippen molar-refractivity contribution >= 4 is 10.8 Å². The van der Waals surface area contributed by atoms with Gasteiger partial charge < -0.3 is 10.2 Å². The monoisotopic (exact) mass is 285 g/mol. The lowest BCUT2D eigenvalue weighted by Crippen LogP contribution is -2.27. The number of benzene rings is 1. The van der Waals surface area contributed by atoms with Gasteiger partial charge in [-0.2, -0.15) is 0 Å². The lowest BCUT2D eigenvalue weighted by molar-refractivity contribution is 0.268. The van der Waals surface area contributed by atoms with E-state index in [0.717, 1.165) is 13.1 Å². The number of hydrogen-bond acceptors (Lipinski definition) is 3. The third-order valence-corrected chi connectivity index (χ3v) is 4.06. The molecular formula is C18H27N3. The van der Waals surface area contributed by atoms with Gasteiger partial charge in [-0.05, 0) is 57.8 Å². The van der Waals surface area contributed by atoms with Gasteiger partial charge in [0, 0.05) is 30.4 Å². The number of hydrogen-bond donors (Lipinski definition) is 1. The van der Waals surface area contributed by atoms with Gasteiger partial charge in [-0.25, -0.2) is 0 Å². The molecule has 0 aliphatic carbocycles. The van der Waals surface area contributed by atoms with Crippen molar-refractivity contribution < 1.29 is 0 Å². The van der Waals surface area contributed by atoms with E-state index >= 15 is 0 Å². The largest absolute Gasteiger partial charge is 0.313 e. The Kier molecular flexibility index (Phi) is 6.15. The normalized spacial score (nSPS) is 11.7. The maximum Gasteiger partial charge on any atom is 0.0346 e. The third-order valence-electron chi connectivity index (χ3n) is 4.06. The standard InChI is InChI=1S/C18H27N3/c1-15(2)21(3)11-7-6-10-19-13-17-14-20-12-16-8-4-5-9-18(16)17/h4-5,8-9,12,14-15,19H,6-7,10-11,13H2,1-3H3. The van der Waals surface area contributed by atoms with E-state index in [1.54, 1.807) is 0 Å². The maximum absolute atomic E-state index is 4.32. The summed E-state index contributed by atoms with van der Waals surface area (Å²) in [6.07, 6.45) is 6.37. The molecule has 21 heavy (non-hydrogen) atoms. The van der Waals surface area contributed by atoms with Crippen LogP contribution in [0, 0.1) is 0 Å². The van der Waals surface area contributed by atoms with Crippen LogP contribution in [0.25, 0.3) is 10.8 Å². The first-order valence-corrected chi connectivity index (χ1v) is 7.91. The molecule has 0 saturated carbocycles. The summed E-state index contributed by atoms with van der Waals surface area (Å²) >= 11 is 0. The summed E-state index contributed by atoms with van der Waals surface area (Å²) in [6.45, 7) is 7.62.